The minimum Gasteiger partial charge on any atom is -0.497 e. The van der Waals surface area contributed by atoms with Crippen LogP contribution in [0.5, 0.6) is 0 Å². The summed E-state index contributed by atoms with van der Waals surface area (Å²) in [5.41, 5.74) is 2.19. The number of alkyl halides is 1. The molecule has 1 nitrogen and oxygen atoms in total. The summed E-state index contributed by atoms with van der Waals surface area (Å²) in [4.78, 5) is 0. The van der Waals surface area contributed by atoms with Crippen molar-refractivity contribution in [1.82, 2.24) is 0 Å². The first-order valence-corrected chi connectivity index (χ1v) is 4.88. The fourth-order valence-electron chi connectivity index (χ4n) is 0.773. The molecule has 0 aromatic carbocycles. The summed E-state index contributed by atoms with van der Waals surface area (Å²) in [7, 11) is 1.61. The molecule has 13 heavy (non-hydrogen) atoms. The van der Waals surface area contributed by atoms with Gasteiger partial charge in [0.1, 0.15) is 5.76 Å². The second-order valence-electron chi connectivity index (χ2n) is 3.28. The third-order valence-corrected chi connectivity index (χ3v) is 3.48. The molecule has 0 aromatic heterocycles. The van der Waals surface area contributed by atoms with E-state index in [-0.39, 0.29) is 4.32 Å². The molecule has 0 saturated heterocycles. The summed E-state index contributed by atoms with van der Waals surface area (Å²) in [6.45, 7) is 13.7. The van der Waals surface area contributed by atoms with Gasteiger partial charge >= 0.3 is 0 Å². The van der Waals surface area contributed by atoms with Crippen LogP contribution in [0.1, 0.15) is 20.8 Å². The Kier molecular flexibility index (Phi) is 4.48. The Morgan fingerprint density at radius 2 is 1.85 bits per heavy atom. The van der Waals surface area contributed by atoms with Crippen LogP contribution >= 0.6 is 15.9 Å². The maximum Gasteiger partial charge on any atom is 0.111 e. The van der Waals surface area contributed by atoms with E-state index in [1.54, 1.807) is 7.11 Å². The molecule has 0 N–H and O–H groups in total. The Balaban J connectivity index is 4.77. The van der Waals surface area contributed by atoms with Gasteiger partial charge in [-0.25, -0.2) is 0 Å². The van der Waals surface area contributed by atoms with Crippen LogP contribution in [-0.4, -0.2) is 11.4 Å². The Bertz CT molecular complexity index is 249. The average molecular weight is 245 g/mol. The van der Waals surface area contributed by atoms with E-state index in [1.165, 1.54) is 0 Å². The van der Waals surface area contributed by atoms with Gasteiger partial charge in [-0.15, -0.1) is 0 Å². The molecular weight excluding hydrogens is 228 g/mol. The number of ether oxygens (including phenoxy) is 1. The highest BCUT2D eigenvalue weighted by Crippen LogP contribution is 2.33. The lowest BCUT2D eigenvalue weighted by atomic mass is 9.95. The Morgan fingerprint density at radius 3 is 2.15 bits per heavy atom. The molecule has 0 rings (SSSR count). The molecule has 0 heterocycles. The second-order valence-corrected chi connectivity index (χ2v) is 4.87. The van der Waals surface area contributed by atoms with E-state index in [9.17, 15) is 0 Å². The SMILES string of the molecule is C=C(/C=C(\C)C(C)(Br)C(=C)C)OC. The van der Waals surface area contributed by atoms with Crippen LogP contribution < -0.4 is 0 Å². The van der Waals surface area contributed by atoms with Gasteiger partial charge < -0.3 is 4.74 Å². The number of hydrogen-bond acceptors (Lipinski definition) is 1. The number of halogens is 1. The number of allylic oxidation sites excluding steroid dienone is 3. The van der Waals surface area contributed by atoms with Crippen molar-refractivity contribution in [2.24, 2.45) is 0 Å². The lowest BCUT2D eigenvalue weighted by Crippen LogP contribution is -2.18. The minimum absolute atomic E-state index is 0.172. The molecule has 0 aliphatic rings. The highest BCUT2D eigenvalue weighted by molar-refractivity contribution is 9.10. The van der Waals surface area contributed by atoms with Gasteiger partial charge in [-0.2, -0.15) is 0 Å². The van der Waals surface area contributed by atoms with Gasteiger partial charge in [0.15, 0.2) is 0 Å². The van der Waals surface area contributed by atoms with Gasteiger partial charge in [-0.1, -0.05) is 34.7 Å². The minimum atomic E-state index is -0.172. The van der Waals surface area contributed by atoms with Crippen LogP contribution in [0, 0.1) is 0 Å². The highest BCUT2D eigenvalue weighted by atomic mass is 79.9. The predicted molar refractivity (Wildman–Crippen MR) is 62.1 cm³/mol. The van der Waals surface area contributed by atoms with E-state index < -0.39 is 0 Å². The Morgan fingerprint density at radius 1 is 1.38 bits per heavy atom. The van der Waals surface area contributed by atoms with Gasteiger partial charge in [0.25, 0.3) is 0 Å². The van der Waals surface area contributed by atoms with Crippen LogP contribution in [0.25, 0.3) is 0 Å². The number of methoxy groups -OCH3 is 1. The smallest absolute Gasteiger partial charge is 0.111 e. The van der Waals surface area contributed by atoms with E-state index >= 15 is 0 Å². The van der Waals surface area contributed by atoms with Crippen molar-refractivity contribution in [1.29, 1.82) is 0 Å². The molecule has 0 aliphatic heterocycles. The van der Waals surface area contributed by atoms with Crippen molar-refractivity contribution in [3.8, 4) is 0 Å². The summed E-state index contributed by atoms with van der Waals surface area (Å²) in [6.07, 6.45) is 1.91. The standard InChI is InChI=1S/C11H17BrO/c1-8(2)11(5,12)9(3)7-10(4)13-6/h7H,1,4H2,2-3,5-6H3/b9-7+. The molecule has 0 amide bonds. The van der Waals surface area contributed by atoms with Crippen molar-refractivity contribution in [2.75, 3.05) is 7.11 Å². The van der Waals surface area contributed by atoms with Crippen LogP contribution in [0.2, 0.25) is 0 Å². The number of rotatable bonds is 4. The first kappa shape index (κ1) is 12.5. The number of hydrogen-bond donors (Lipinski definition) is 0. The van der Waals surface area contributed by atoms with Crippen molar-refractivity contribution in [3.63, 3.8) is 0 Å². The topological polar surface area (TPSA) is 9.23 Å². The van der Waals surface area contributed by atoms with Gasteiger partial charge in [-0.05, 0) is 32.4 Å². The summed E-state index contributed by atoms with van der Waals surface area (Å²) < 4.78 is 4.80. The third-order valence-electron chi connectivity index (χ3n) is 2.18. The zero-order valence-electron chi connectivity index (χ0n) is 8.78. The normalized spacial score (nSPS) is 16.2. The molecule has 2 heteroatoms. The van der Waals surface area contributed by atoms with Gasteiger partial charge in [-0.3, -0.25) is 0 Å². The molecule has 0 bridgehead atoms. The van der Waals surface area contributed by atoms with Gasteiger partial charge in [0, 0.05) is 0 Å². The van der Waals surface area contributed by atoms with Crippen LogP contribution in [0.4, 0.5) is 0 Å². The fourth-order valence-corrected chi connectivity index (χ4v) is 0.887. The predicted octanol–water partition coefficient (Wildman–Crippen LogP) is 3.82. The van der Waals surface area contributed by atoms with Crippen molar-refractivity contribution >= 4 is 15.9 Å². The maximum atomic E-state index is 4.97. The summed E-state index contributed by atoms with van der Waals surface area (Å²) in [5.74, 6) is 0.657. The molecule has 0 fully saturated rings. The van der Waals surface area contributed by atoms with E-state index in [2.05, 4.69) is 36.0 Å². The molecule has 1 atom stereocenters. The second kappa shape index (κ2) is 4.66. The zero-order valence-corrected chi connectivity index (χ0v) is 10.4. The first-order chi connectivity index (χ1) is 5.82. The van der Waals surface area contributed by atoms with E-state index in [0.29, 0.717) is 5.76 Å². The Labute approximate surface area is 89.3 Å². The zero-order chi connectivity index (χ0) is 10.6. The van der Waals surface area contributed by atoms with Crippen molar-refractivity contribution < 1.29 is 4.74 Å². The van der Waals surface area contributed by atoms with E-state index in [1.807, 2.05) is 19.9 Å². The monoisotopic (exact) mass is 244 g/mol. The fraction of sp³-hybridized carbons (Fsp3) is 0.455. The maximum absolute atomic E-state index is 4.97. The van der Waals surface area contributed by atoms with Crippen LogP contribution in [0.15, 0.2) is 36.1 Å². The van der Waals surface area contributed by atoms with Crippen molar-refractivity contribution in [2.45, 2.75) is 25.1 Å². The molecule has 0 saturated carbocycles. The van der Waals surface area contributed by atoms with E-state index in [0.717, 1.165) is 11.1 Å². The molecule has 0 spiro atoms. The van der Waals surface area contributed by atoms with Crippen LogP contribution in [0.3, 0.4) is 0 Å². The Hall–Kier alpha value is -0.500. The van der Waals surface area contributed by atoms with Gasteiger partial charge in [0.2, 0.25) is 0 Å². The lowest BCUT2D eigenvalue weighted by Gasteiger charge is -2.24. The largest absolute Gasteiger partial charge is 0.497 e. The molecule has 0 aliphatic carbocycles. The summed E-state index contributed by atoms with van der Waals surface area (Å²) >= 11 is 3.60. The molecule has 0 radical (unpaired) electrons. The van der Waals surface area contributed by atoms with Crippen LogP contribution in [-0.2, 0) is 4.74 Å². The molecule has 74 valence electrons. The highest BCUT2D eigenvalue weighted by Gasteiger charge is 2.23. The summed E-state index contributed by atoms with van der Waals surface area (Å²) in [6, 6.07) is 0. The molecule has 1 unspecified atom stereocenters. The van der Waals surface area contributed by atoms with Gasteiger partial charge in [0.05, 0.1) is 11.4 Å². The van der Waals surface area contributed by atoms with Crippen molar-refractivity contribution in [3.05, 3.63) is 36.1 Å². The quantitative estimate of drug-likeness (QED) is 0.316. The summed E-state index contributed by atoms with van der Waals surface area (Å²) in [5, 5.41) is 0. The first-order valence-electron chi connectivity index (χ1n) is 4.09. The average Bonchev–Trinajstić information content (AvgIpc) is 2.03. The lowest BCUT2D eigenvalue weighted by molar-refractivity contribution is 0.308. The van der Waals surface area contributed by atoms with E-state index in [4.69, 9.17) is 4.74 Å². The molecular formula is C11H17BrO. The third kappa shape index (κ3) is 3.39. The molecule has 0 aromatic rings.